The van der Waals surface area contributed by atoms with Crippen molar-refractivity contribution in [2.24, 2.45) is 0 Å². The van der Waals surface area contributed by atoms with Crippen molar-refractivity contribution in [3.63, 3.8) is 0 Å². The molecule has 0 bridgehead atoms. The van der Waals surface area contributed by atoms with Crippen molar-refractivity contribution in [2.45, 2.75) is 27.7 Å². The summed E-state index contributed by atoms with van der Waals surface area (Å²) in [6, 6.07) is 25.7. The first-order valence-electron chi connectivity index (χ1n) is 8.59. The van der Waals surface area contributed by atoms with Gasteiger partial charge >= 0.3 is 51.6 Å². The number of aryl methyl sites for hydroxylation is 2. The monoisotopic (exact) mass is 418 g/mol. The number of benzene rings is 2. The Labute approximate surface area is 170 Å². The molecule has 0 unspecified atom stereocenters. The molecule has 0 heterocycles. The maximum absolute atomic E-state index is 5.51. The van der Waals surface area contributed by atoms with Gasteiger partial charge in [0.1, 0.15) is 0 Å². The third-order valence-electron chi connectivity index (χ3n) is 3.90. The third-order valence-corrected chi connectivity index (χ3v) is 8.20. The molecule has 0 aliphatic carbocycles. The first-order valence-corrected chi connectivity index (χ1v) is 13.7. The van der Waals surface area contributed by atoms with Crippen LogP contribution >= 0.6 is 18.6 Å². The zero-order valence-corrected chi connectivity index (χ0v) is 18.8. The number of hydrogen-bond donors (Lipinski definition) is 0. The van der Waals surface area contributed by atoms with E-state index >= 15 is 0 Å². The zero-order chi connectivity index (χ0) is 19.1. The molecule has 0 amide bonds. The van der Waals surface area contributed by atoms with Gasteiger partial charge in [0.2, 0.25) is 0 Å². The predicted octanol–water partition coefficient (Wildman–Crippen LogP) is 7.86. The van der Waals surface area contributed by atoms with Gasteiger partial charge < -0.3 is 0 Å². The first-order chi connectivity index (χ1) is 12.4. The van der Waals surface area contributed by atoms with Crippen LogP contribution in [0.1, 0.15) is 25.0 Å². The van der Waals surface area contributed by atoms with Crippen molar-refractivity contribution in [3.8, 4) is 0 Å². The molecule has 0 spiro atoms. The fraction of sp³-hybridized carbons (Fsp3) is 0.174. The van der Waals surface area contributed by atoms with Crippen molar-refractivity contribution in [3.05, 3.63) is 83.9 Å². The van der Waals surface area contributed by atoms with Crippen molar-refractivity contribution in [1.82, 2.24) is 0 Å². The van der Waals surface area contributed by atoms with Gasteiger partial charge in [0.15, 0.2) is 0 Å². The summed E-state index contributed by atoms with van der Waals surface area (Å²) in [5, 5.41) is 5.39. The molecular formula is C23H24Cl2Ti-2. The van der Waals surface area contributed by atoms with Crippen molar-refractivity contribution < 1.29 is 15.3 Å². The van der Waals surface area contributed by atoms with Crippen LogP contribution in [0.2, 0.25) is 0 Å². The Morgan fingerprint density at radius 3 is 1.38 bits per heavy atom. The van der Waals surface area contributed by atoms with Crippen LogP contribution in [0.4, 0.5) is 0 Å². The summed E-state index contributed by atoms with van der Waals surface area (Å²) in [5.41, 5.74) is 2.70. The molecule has 0 aliphatic heterocycles. The summed E-state index contributed by atoms with van der Waals surface area (Å²) in [6.45, 7) is 8.19. The van der Waals surface area contributed by atoms with Gasteiger partial charge in [-0.25, -0.2) is 0 Å². The van der Waals surface area contributed by atoms with E-state index in [1.807, 2.05) is 13.8 Å². The summed E-state index contributed by atoms with van der Waals surface area (Å²) in [4.78, 5) is 0. The van der Waals surface area contributed by atoms with E-state index in [0.717, 1.165) is 0 Å². The van der Waals surface area contributed by atoms with Gasteiger partial charge in [0.25, 0.3) is 0 Å². The maximum Gasteiger partial charge on any atom is -0.0579 e. The minimum Gasteiger partial charge on any atom is -0.165 e. The average molecular weight is 419 g/mol. The topological polar surface area (TPSA) is 0 Å². The zero-order valence-electron chi connectivity index (χ0n) is 15.7. The second-order valence-electron chi connectivity index (χ2n) is 6.58. The Kier molecular flexibility index (Phi) is 8.32. The molecule has 0 fully saturated rings. The Morgan fingerprint density at radius 1 is 0.731 bits per heavy atom. The first kappa shape index (κ1) is 21.1. The van der Waals surface area contributed by atoms with E-state index in [9.17, 15) is 0 Å². The van der Waals surface area contributed by atoms with E-state index in [1.54, 1.807) is 0 Å². The fourth-order valence-electron chi connectivity index (χ4n) is 2.61. The normalized spacial score (nSPS) is 9.92. The summed E-state index contributed by atoms with van der Waals surface area (Å²) in [6.07, 6.45) is 0. The van der Waals surface area contributed by atoms with Crippen LogP contribution in [0.5, 0.6) is 0 Å². The third kappa shape index (κ3) is 6.52. The molecule has 4 aromatic rings. The van der Waals surface area contributed by atoms with Gasteiger partial charge in [0.05, 0.1) is 0 Å². The predicted molar refractivity (Wildman–Crippen MR) is 117 cm³/mol. The summed E-state index contributed by atoms with van der Waals surface area (Å²) in [7, 11) is 11.0. The van der Waals surface area contributed by atoms with Crippen molar-refractivity contribution in [1.29, 1.82) is 0 Å². The van der Waals surface area contributed by atoms with E-state index in [1.165, 1.54) is 36.5 Å². The molecule has 0 nitrogen and oxygen atoms in total. The molecule has 3 heteroatoms. The minimum absolute atomic E-state index is 1.21. The van der Waals surface area contributed by atoms with Crippen molar-refractivity contribution >= 4 is 44.0 Å². The Hall–Kier alpha value is -1.18. The second kappa shape index (κ2) is 10.2. The van der Waals surface area contributed by atoms with Crippen LogP contribution in [0, 0.1) is 13.8 Å². The Bertz CT molecular complexity index is 849. The van der Waals surface area contributed by atoms with Crippen molar-refractivity contribution in [2.75, 3.05) is 0 Å². The van der Waals surface area contributed by atoms with E-state index in [2.05, 4.69) is 86.6 Å². The number of fused-ring (bicyclic) bond motifs is 2. The fourth-order valence-corrected chi connectivity index (χ4v) is 2.61. The molecular weight excluding hydrogens is 395 g/mol. The molecule has 0 N–H and O–H groups in total. The molecule has 26 heavy (non-hydrogen) atoms. The van der Waals surface area contributed by atoms with Crippen LogP contribution in [0.25, 0.3) is 21.5 Å². The van der Waals surface area contributed by atoms with E-state index < -0.39 is 15.3 Å². The molecule has 0 saturated carbocycles. The molecule has 0 saturated heterocycles. The van der Waals surface area contributed by atoms with E-state index in [4.69, 9.17) is 18.6 Å². The van der Waals surface area contributed by atoms with Crippen LogP contribution in [0.15, 0.2) is 72.8 Å². The average Bonchev–Trinajstić information content (AvgIpc) is 3.16. The van der Waals surface area contributed by atoms with E-state index in [-0.39, 0.29) is 0 Å². The molecule has 136 valence electrons. The van der Waals surface area contributed by atoms with Crippen LogP contribution in [0.3, 0.4) is 0 Å². The van der Waals surface area contributed by atoms with Gasteiger partial charge in [-0.05, 0) is 0 Å². The number of hydrogen-bond acceptors (Lipinski definition) is 0. The van der Waals surface area contributed by atoms with Crippen LogP contribution in [-0.2, 0) is 15.3 Å². The Balaban J connectivity index is 0.000000146. The molecule has 4 rings (SSSR count). The minimum atomic E-state index is -1.60. The summed E-state index contributed by atoms with van der Waals surface area (Å²) in [5.74, 6) is 0. The van der Waals surface area contributed by atoms with Gasteiger partial charge in [-0.1, -0.05) is 26.0 Å². The van der Waals surface area contributed by atoms with Gasteiger partial charge in [-0.15, -0.1) is 81.2 Å². The smallest absolute Gasteiger partial charge is 0.0579 e. The second-order valence-corrected chi connectivity index (χ2v) is 12.9. The molecule has 0 atom stereocenters. The quantitative estimate of drug-likeness (QED) is 0.201. The largest absolute Gasteiger partial charge is 0.165 e. The van der Waals surface area contributed by atoms with Gasteiger partial charge in [0, 0.05) is 0 Å². The standard InChI is InChI=1S/2C10H9.C3H6.2ClH.Ti/c2*1-8-6-9-4-2-3-5-10(9)7-8;1-3-2;;;/h2*2-7H,1H3;1-2H3;2*1H;/q2*-1;;;;+2/p-2. The maximum atomic E-state index is 5.51. The van der Waals surface area contributed by atoms with Crippen LogP contribution < -0.4 is 0 Å². The van der Waals surface area contributed by atoms with Gasteiger partial charge in [-0.3, -0.25) is 0 Å². The Morgan fingerprint density at radius 2 is 1.08 bits per heavy atom. The van der Waals surface area contributed by atoms with Gasteiger partial charge in [-0.2, -0.15) is 12.1 Å². The van der Waals surface area contributed by atoms with Crippen LogP contribution in [-0.4, -0.2) is 3.81 Å². The van der Waals surface area contributed by atoms with E-state index in [0.29, 0.717) is 0 Å². The molecule has 4 aromatic carbocycles. The SMILES string of the molecule is C[C](C)=[Ti]([Cl])[Cl].Cc1cc2ccccc2[cH-]1.Cc1cc2ccccc2[cH-]1. The molecule has 0 radical (unpaired) electrons. The molecule has 0 aliphatic rings. The molecule has 0 aromatic heterocycles. The number of rotatable bonds is 0. The summed E-state index contributed by atoms with van der Waals surface area (Å²) < 4.78 is 1.21. The summed E-state index contributed by atoms with van der Waals surface area (Å²) >= 11 is -1.60. The number of halogens is 2.